The van der Waals surface area contributed by atoms with Crippen LogP contribution in [0.5, 0.6) is 0 Å². The lowest BCUT2D eigenvalue weighted by Gasteiger charge is -2.61. The lowest BCUT2D eigenvalue weighted by molar-refractivity contribution is -0.425. The molecule has 0 amide bonds. The van der Waals surface area contributed by atoms with Gasteiger partial charge in [-0.2, -0.15) is 0 Å². The van der Waals surface area contributed by atoms with Crippen LogP contribution >= 0.6 is 0 Å². The Morgan fingerprint density at radius 3 is 1.41 bits per heavy atom. The molecule has 4 bridgehead atoms. The summed E-state index contributed by atoms with van der Waals surface area (Å²) in [5, 5.41) is 0. The van der Waals surface area contributed by atoms with Gasteiger partial charge in [0.25, 0.3) is 5.97 Å². The molecule has 0 spiro atoms. The number of ether oxygens (including phenoxy) is 3. The molecule has 0 heterocycles. The lowest BCUT2D eigenvalue weighted by Crippen LogP contribution is -2.60. The van der Waals surface area contributed by atoms with Gasteiger partial charge in [-0.05, 0) is 56.3 Å². The van der Waals surface area contributed by atoms with Crippen molar-refractivity contribution in [2.75, 3.05) is 21.3 Å². The van der Waals surface area contributed by atoms with Gasteiger partial charge in [-0.1, -0.05) is 0 Å². The molecule has 4 aliphatic rings. The smallest absolute Gasteiger partial charge is 0.288 e. The zero-order valence-electron chi connectivity index (χ0n) is 11.2. The molecular weight excluding hydrogens is 216 g/mol. The molecular formula is C14H24O3. The van der Waals surface area contributed by atoms with Crippen molar-refractivity contribution in [1.29, 1.82) is 0 Å². The molecule has 0 aliphatic heterocycles. The van der Waals surface area contributed by atoms with Crippen molar-refractivity contribution in [1.82, 2.24) is 0 Å². The van der Waals surface area contributed by atoms with Crippen molar-refractivity contribution in [2.24, 2.45) is 23.2 Å². The number of hydrogen-bond acceptors (Lipinski definition) is 3. The molecule has 0 saturated heterocycles. The maximum Gasteiger partial charge on any atom is 0.288 e. The Balaban J connectivity index is 1.95. The summed E-state index contributed by atoms with van der Waals surface area (Å²) in [5.41, 5.74) is 0.0972. The normalized spacial score (nSPS) is 44.3. The topological polar surface area (TPSA) is 27.7 Å². The molecule has 0 radical (unpaired) electrons. The highest BCUT2D eigenvalue weighted by atomic mass is 16.9. The van der Waals surface area contributed by atoms with E-state index in [4.69, 9.17) is 14.2 Å². The van der Waals surface area contributed by atoms with Crippen LogP contribution in [0.1, 0.15) is 38.5 Å². The minimum atomic E-state index is -0.816. The van der Waals surface area contributed by atoms with Gasteiger partial charge in [-0.3, -0.25) is 0 Å². The molecule has 0 N–H and O–H groups in total. The third-order valence-corrected chi connectivity index (χ3v) is 5.49. The molecule has 3 heteroatoms. The van der Waals surface area contributed by atoms with Gasteiger partial charge < -0.3 is 14.2 Å². The third-order valence-electron chi connectivity index (χ3n) is 5.49. The van der Waals surface area contributed by atoms with Crippen LogP contribution in [0, 0.1) is 23.2 Å². The van der Waals surface area contributed by atoms with E-state index < -0.39 is 5.97 Å². The third kappa shape index (κ3) is 1.52. The van der Waals surface area contributed by atoms with E-state index in [0.717, 1.165) is 17.8 Å². The molecule has 4 fully saturated rings. The Kier molecular flexibility index (Phi) is 2.77. The zero-order valence-corrected chi connectivity index (χ0v) is 11.2. The van der Waals surface area contributed by atoms with E-state index in [1.165, 1.54) is 38.5 Å². The van der Waals surface area contributed by atoms with E-state index >= 15 is 0 Å². The van der Waals surface area contributed by atoms with Gasteiger partial charge >= 0.3 is 0 Å². The Bertz CT molecular complexity index is 252. The number of rotatable bonds is 4. The van der Waals surface area contributed by atoms with Crippen LogP contribution < -0.4 is 0 Å². The molecule has 4 rings (SSSR count). The van der Waals surface area contributed by atoms with Gasteiger partial charge in [0.2, 0.25) is 0 Å². The second-order valence-electron chi connectivity index (χ2n) is 6.37. The predicted octanol–water partition coefficient (Wildman–Crippen LogP) is 2.80. The first-order valence-electron chi connectivity index (χ1n) is 6.82. The summed E-state index contributed by atoms with van der Waals surface area (Å²) in [6.07, 6.45) is 7.92. The maximum atomic E-state index is 5.68. The van der Waals surface area contributed by atoms with Gasteiger partial charge in [-0.25, -0.2) is 0 Å². The lowest BCUT2D eigenvalue weighted by atomic mass is 9.48. The van der Waals surface area contributed by atoms with Crippen LogP contribution in [-0.2, 0) is 14.2 Å². The fourth-order valence-electron chi connectivity index (χ4n) is 5.39. The van der Waals surface area contributed by atoms with Crippen molar-refractivity contribution in [2.45, 2.75) is 44.5 Å². The second kappa shape index (κ2) is 3.94. The monoisotopic (exact) mass is 240 g/mol. The van der Waals surface area contributed by atoms with Gasteiger partial charge in [-0.15, -0.1) is 0 Å². The van der Waals surface area contributed by atoms with E-state index in [1.54, 1.807) is 21.3 Å². The van der Waals surface area contributed by atoms with E-state index in [2.05, 4.69) is 0 Å². The van der Waals surface area contributed by atoms with Crippen LogP contribution in [0.25, 0.3) is 0 Å². The molecule has 4 aliphatic carbocycles. The van der Waals surface area contributed by atoms with Crippen LogP contribution in [0.3, 0.4) is 0 Å². The van der Waals surface area contributed by atoms with Crippen molar-refractivity contribution in [3.8, 4) is 0 Å². The Hall–Kier alpha value is -0.120. The fraction of sp³-hybridized carbons (Fsp3) is 1.00. The second-order valence-corrected chi connectivity index (χ2v) is 6.37. The van der Waals surface area contributed by atoms with Crippen LogP contribution in [0.15, 0.2) is 0 Å². The Labute approximate surface area is 104 Å². The first kappa shape index (κ1) is 11.9. The van der Waals surface area contributed by atoms with Gasteiger partial charge in [0.15, 0.2) is 0 Å². The largest absolute Gasteiger partial charge is 0.330 e. The summed E-state index contributed by atoms with van der Waals surface area (Å²) in [6.45, 7) is 0. The molecule has 4 saturated carbocycles. The summed E-state index contributed by atoms with van der Waals surface area (Å²) in [7, 11) is 5.14. The maximum absolute atomic E-state index is 5.68. The zero-order chi connectivity index (χ0) is 12.1. The summed E-state index contributed by atoms with van der Waals surface area (Å²) < 4.78 is 17.0. The molecule has 3 nitrogen and oxygen atoms in total. The first-order valence-corrected chi connectivity index (χ1v) is 6.82. The van der Waals surface area contributed by atoms with Crippen molar-refractivity contribution >= 4 is 0 Å². The van der Waals surface area contributed by atoms with E-state index in [0.29, 0.717) is 0 Å². The summed E-state index contributed by atoms with van der Waals surface area (Å²) in [5.74, 6) is 1.81. The van der Waals surface area contributed by atoms with Gasteiger partial charge in [0.05, 0.1) is 5.41 Å². The summed E-state index contributed by atoms with van der Waals surface area (Å²) in [4.78, 5) is 0. The van der Waals surface area contributed by atoms with Gasteiger partial charge in [0.1, 0.15) is 0 Å². The van der Waals surface area contributed by atoms with Crippen molar-refractivity contribution in [3.63, 3.8) is 0 Å². The standard InChI is InChI=1S/C14H24O3/c1-15-14(16-2,17-3)13-7-10-4-11(8-13)6-12(5-10)9-13/h10-12H,4-9H2,1-3H3. The average molecular weight is 240 g/mol. The number of methoxy groups -OCH3 is 3. The quantitative estimate of drug-likeness (QED) is 0.707. The van der Waals surface area contributed by atoms with Crippen LogP contribution in [-0.4, -0.2) is 27.3 Å². The van der Waals surface area contributed by atoms with E-state index in [9.17, 15) is 0 Å². The molecule has 0 aromatic rings. The first-order chi connectivity index (χ1) is 8.17. The SMILES string of the molecule is COC(OC)(OC)C12CC3CC(CC(C3)C1)C2. The van der Waals surface area contributed by atoms with Crippen molar-refractivity contribution in [3.05, 3.63) is 0 Å². The molecule has 0 aromatic carbocycles. The molecule has 0 atom stereocenters. The van der Waals surface area contributed by atoms with E-state index in [-0.39, 0.29) is 5.41 Å². The number of hydrogen-bond donors (Lipinski definition) is 0. The molecule has 17 heavy (non-hydrogen) atoms. The average Bonchev–Trinajstić information content (AvgIpc) is 2.29. The van der Waals surface area contributed by atoms with Crippen LogP contribution in [0.4, 0.5) is 0 Å². The molecule has 0 unspecified atom stereocenters. The van der Waals surface area contributed by atoms with E-state index in [1.807, 2.05) is 0 Å². The highest BCUT2D eigenvalue weighted by Crippen LogP contribution is 2.64. The highest BCUT2D eigenvalue weighted by molar-refractivity contribution is 5.05. The highest BCUT2D eigenvalue weighted by Gasteiger charge is 2.62. The molecule has 98 valence electrons. The minimum absolute atomic E-state index is 0.0972. The Morgan fingerprint density at radius 1 is 0.765 bits per heavy atom. The minimum Gasteiger partial charge on any atom is -0.330 e. The predicted molar refractivity (Wildman–Crippen MR) is 64.4 cm³/mol. The van der Waals surface area contributed by atoms with Crippen LogP contribution in [0.2, 0.25) is 0 Å². The Morgan fingerprint density at radius 2 is 1.12 bits per heavy atom. The summed E-state index contributed by atoms with van der Waals surface area (Å²) in [6, 6.07) is 0. The summed E-state index contributed by atoms with van der Waals surface area (Å²) >= 11 is 0. The molecule has 0 aromatic heterocycles. The van der Waals surface area contributed by atoms with Gasteiger partial charge in [0, 0.05) is 21.3 Å². The van der Waals surface area contributed by atoms with Crippen molar-refractivity contribution < 1.29 is 14.2 Å². The fourth-order valence-corrected chi connectivity index (χ4v) is 5.39.